The lowest BCUT2D eigenvalue weighted by Gasteiger charge is -2.19. The zero-order chi connectivity index (χ0) is 20.8. The summed E-state index contributed by atoms with van der Waals surface area (Å²) in [5.74, 6) is -0.865. The molecule has 1 atom stereocenters. The number of rotatable bonds is 6. The lowest BCUT2D eigenvalue weighted by atomic mass is 10.0. The molecule has 0 radical (unpaired) electrons. The Morgan fingerprint density at radius 2 is 1.93 bits per heavy atom. The van der Waals surface area contributed by atoms with Crippen LogP contribution in [0, 0.1) is 11.7 Å². The molecule has 2 aliphatic carbocycles. The lowest BCUT2D eigenvalue weighted by Crippen LogP contribution is -2.32. The minimum atomic E-state index is -4.59. The summed E-state index contributed by atoms with van der Waals surface area (Å²) in [5.41, 5.74) is -4.64. The van der Waals surface area contributed by atoms with Crippen molar-refractivity contribution >= 4 is 17.7 Å². The Labute approximate surface area is 167 Å². The van der Waals surface area contributed by atoms with E-state index in [0.29, 0.717) is 11.4 Å². The molecule has 2 aromatic rings. The van der Waals surface area contributed by atoms with Crippen LogP contribution in [0.5, 0.6) is 0 Å². The predicted octanol–water partition coefficient (Wildman–Crippen LogP) is 4.28. The van der Waals surface area contributed by atoms with E-state index in [1.807, 2.05) is 0 Å². The molecule has 1 unspecified atom stereocenters. The second-order valence-electron chi connectivity index (χ2n) is 7.32. The predicted molar refractivity (Wildman–Crippen MR) is 98.1 cm³/mol. The Bertz CT molecular complexity index is 1000. The number of carbonyl (C=O) groups excluding carboxylic acids is 1. The third-order valence-electron chi connectivity index (χ3n) is 4.88. The highest BCUT2D eigenvalue weighted by molar-refractivity contribution is 8.00. The number of nitrogens with one attached hydrogen (secondary N) is 2. The molecule has 29 heavy (non-hydrogen) atoms. The highest BCUT2D eigenvalue weighted by Gasteiger charge is 2.36. The fourth-order valence-corrected chi connectivity index (χ4v) is 3.72. The van der Waals surface area contributed by atoms with Gasteiger partial charge >= 0.3 is 5.51 Å². The first-order valence-electron chi connectivity index (χ1n) is 9.17. The smallest absolute Gasteiger partial charge is 0.344 e. The van der Waals surface area contributed by atoms with Crippen LogP contribution in [0.1, 0.15) is 59.5 Å². The Morgan fingerprint density at radius 3 is 2.52 bits per heavy atom. The average Bonchev–Trinajstić information content (AvgIpc) is 3.53. The summed E-state index contributed by atoms with van der Waals surface area (Å²) in [6.45, 7) is 0. The molecule has 0 saturated heterocycles. The molecule has 0 aliphatic heterocycles. The second-order valence-corrected chi connectivity index (χ2v) is 8.42. The maximum atomic E-state index is 14.2. The SMILES string of the molecule is O=C(NC(c1ccc(SC(F)(F)F)c(F)c1)C1CC1)c1cc(=O)[nH]c(C2CC2)n1. The van der Waals surface area contributed by atoms with Crippen molar-refractivity contribution in [1.82, 2.24) is 15.3 Å². The fraction of sp³-hybridized carbons (Fsp3) is 0.421. The van der Waals surface area contributed by atoms with Crippen molar-refractivity contribution in [2.24, 2.45) is 5.92 Å². The molecule has 5 nitrogen and oxygen atoms in total. The van der Waals surface area contributed by atoms with Crippen molar-refractivity contribution in [2.75, 3.05) is 0 Å². The van der Waals surface area contributed by atoms with Crippen LogP contribution in [-0.4, -0.2) is 21.4 Å². The molecule has 1 amide bonds. The number of hydrogen-bond acceptors (Lipinski definition) is 4. The summed E-state index contributed by atoms with van der Waals surface area (Å²) < 4.78 is 51.7. The molecule has 10 heteroatoms. The van der Waals surface area contributed by atoms with E-state index in [1.54, 1.807) is 0 Å². The van der Waals surface area contributed by atoms with Crippen LogP contribution in [0.25, 0.3) is 0 Å². The van der Waals surface area contributed by atoms with Crippen molar-refractivity contribution in [3.63, 3.8) is 0 Å². The third kappa shape index (κ3) is 4.98. The van der Waals surface area contributed by atoms with Gasteiger partial charge in [0.2, 0.25) is 0 Å². The topological polar surface area (TPSA) is 74.8 Å². The number of carbonyl (C=O) groups is 1. The van der Waals surface area contributed by atoms with Crippen LogP contribution in [0.3, 0.4) is 0 Å². The Morgan fingerprint density at radius 1 is 1.21 bits per heavy atom. The van der Waals surface area contributed by atoms with E-state index in [1.165, 1.54) is 6.07 Å². The summed E-state index contributed by atoms with van der Waals surface area (Å²) in [6.07, 6.45) is 3.42. The number of aromatic amines is 1. The summed E-state index contributed by atoms with van der Waals surface area (Å²) in [5, 5.41) is 2.77. The molecular formula is C19H17F4N3O2S. The molecule has 0 bridgehead atoms. The van der Waals surface area contributed by atoms with Crippen LogP contribution >= 0.6 is 11.8 Å². The Balaban J connectivity index is 1.55. The first kappa shape index (κ1) is 19.9. The number of hydrogen-bond donors (Lipinski definition) is 2. The van der Waals surface area contributed by atoms with Gasteiger partial charge in [0, 0.05) is 12.0 Å². The van der Waals surface area contributed by atoms with Crippen LogP contribution in [0.2, 0.25) is 0 Å². The van der Waals surface area contributed by atoms with E-state index in [0.717, 1.165) is 43.9 Å². The molecular weight excluding hydrogens is 410 g/mol. The van der Waals surface area contributed by atoms with Gasteiger partial charge in [0.25, 0.3) is 11.5 Å². The zero-order valence-electron chi connectivity index (χ0n) is 15.1. The van der Waals surface area contributed by atoms with E-state index < -0.39 is 45.5 Å². The maximum Gasteiger partial charge on any atom is 0.446 e. The molecule has 2 fully saturated rings. The average molecular weight is 427 g/mol. The van der Waals surface area contributed by atoms with Gasteiger partial charge in [-0.3, -0.25) is 9.59 Å². The third-order valence-corrected chi connectivity index (χ3v) is 5.66. The number of alkyl halides is 3. The number of halogens is 4. The molecule has 1 aromatic carbocycles. The highest BCUT2D eigenvalue weighted by atomic mass is 32.2. The molecule has 1 heterocycles. The van der Waals surface area contributed by atoms with Crippen LogP contribution < -0.4 is 10.9 Å². The zero-order valence-corrected chi connectivity index (χ0v) is 15.9. The summed E-state index contributed by atoms with van der Waals surface area (Å²) in [7, 11) is 0. The number of H-pyrrole nitrogens is 1. The molecule has 4 rings (SSSR count). The number of nitrogens with zero attached hydrogens (tertiary/aromatic N) is 1. The second kappa shape index (κ2) is 7.47. The normalized spacial score (nSPS) is 17.8. The minimum Gasteiger partial charge on any atom is -0.344 e. The number of amides is 1. The highest BCUT2D eigenvalue weighted by Crippen LogP contribution is 2.43. The monoisotopic (exact) mass is 427 g/mol. The largest absolute Gasteiger partial charge is 0.446 e. The molecule has 2 aliphatic rings. The first-order chi connectivity index (χ1) is 13.7. The lowest BCUT2D eigenvalue weighted by molar-refractivity contribution is -0.0329. The number of benzene rings is 1. The quantitative estimate of drug-likeness (QED) is 0.533. The van der Waals surface area contributed by atoms with Crippen molar-refractivity contribution in [2.45, 2.75) is 48.0 Å². The molecule has 2 N–H and O–H groups in total. The van der Waals surface area contributed by atoms with Crippen LogP contribution in [0.4, 0.5) is 17.6 Å². The van der Waals surface area contributed by atoms with E-state index in [-0.39, 0.29) is 17.5 Å². The molecule has 0 spiro atoms. The van der Waals surface area contributed by atoms with Crippen LogP contribution in [0.15, 0.2) is 34.0 Å². The number of thioether (sulfide) groups is 1. The number of aromatic nitrogens is 2. The first-order valence-corrected chi connectivity index (χ1v) is 9.98. The van der Waals surface area contributed by atoms with Gasteiger partial charge in [-0.1, -0.05) is 6.07 Å². The summed E-state index contributed by atoms with van der Waals surface area (Å²) in [6, 6.07) is 4.03. The van der Waals surface area contributed by atoms with Gasteiger partial charge < -0.3 is 10.3 Å². The van der Waals surface area contributed by atoms with Crippen LogP contribution in [-0.2, 0) is 0 Å². The van der Waals surface area contributed by atoms with E-state index in [4.69, 9.17) is 0 Å². The van der Waals surface area contributed by atoms with Gasteiger partial charge in [-0.05, 0) is 61.1 Å². The Hall–Kier alpha value is -2.36. The van der Waals surface area contributed by atoms with Gasteiger partial charge in [-0.15, -0.1) is 0 Å². The van der Waals surface area contributed by atoms with E-state index in [9.17, 15) is 27.2 Å². The van der Waals surface area contributed by atoms with Gasteiger partial charge in [0.1, 0.15) is 17.3 Å². The fourth-order valence-electron chi connectivity index (χ4n) is 3.18. The summed E-state index contributed by atoms with van der Waals surface area (Å²) >= 11 is -0.516. The molecule has 2 saturated carbocycles. The van der Waals surface area contributed by atoms with E-state index >= 15 is 0 Å². The van der Waals surface area contributed by atoms with Crippen molar-refractivity contribution in [1.29, 1.82) is 0 Å². The maximum absolute atomic E-state index is 14.2. The van der Waals surface area contributed by atoms with Gasteiger partial charge in [0.15, 0.2) is 0 Å². The van der Waals surface area contributed by atoms with Gasteiger partial charge in [-0.2, -0.15) is 13.2 Å². The van der Waals surface area contributed by atoms with Gasteiger partial charge in [0.05, 0.1) is 10.9 Å². The standard InChI is InChI=1S/C19H17F4N3O2S/c20-12-7-11(5-6-14(12)29-19(21,22)23)16(9-1-2-9)26-18(28)13-8-15(27)25-17(24-13)10-3-4-10/h5-10,16H,1-4H2,(H,26,28)(H,24,25,27). The van der Waals surface area contributed by atoms with Gasteiger partial charge in [-0.25, -0.2) is 9.37 Å². The Kier molecular flexibility index (Phi) is 5.14. The minimum absolute atomic E-state index is 0.0222. The summed E-state index contributed by atoms with van der Waals surface area (Å²) in [4.78, 5) is 30.8. The van der Waals surface area contributed by atoms with Crippen molar-refractivity contribution < 1.29 is 22.4 Å². The van der Waals surface area contributed by atoms with Crippen molar-refractivity contribution in [3.8, 4) is 0 Å². The molecule has 1 aromatic heterocycles. The van der Waals surface area contributed by atoms with Crippen molar-refractivity contribution in [3.05, 3.63) is 57.5 Å². The molecule has 154 valence electrons. The van der Waals surface area contributed by atoms with E-state index in [2.05, 4.69) is 15.3 Å².